The van der Waals surface area contributed by atoms with Crippen LogP contribution in [0.25, 0.3) is 0 Å². The maximum absolute atomic E-state index is 13.0. The Morgan fingerprint density at radius 1 is 1.06 bits per heavy atom. The van der Waals surface area contributed by atoms with Gasteiger partial charge in [0.2, 0.25) is 0 Å². The first-order chi connectivity index (χ1) is 8.58. The van der Waals surface area contributed by atoms with E-state index in [0.717, 1.165) is 11.3 Å². The molecule has 0 unspecified atom stereocenters. The predicted octanol–water partition coefficient (Wildman–Crippen LogP) is 4.32. The second-order valence-electron chi connectivity index (χ2n) is 4.48. The minimum absolute atomic E-state index is 0.300. The van der Waals surface area contributed by atoms with E-state index in [1.54, 1.807) is 6.07 Å². The average Bonchev–Trinajstić information content (AvgIpc) is 2.33. The van der Waals surface area contributed by atoms with Crippen molar-refractivity contribution in [2.75, 3.05) is 5.73 Å². The molecule has 0 aliphatic rings. The monoisotopic (exact) mass is 245 g/mol. The van der Waals surface area contributed by atoms with Crippen molar-refractivity contribution in [3.8, 4) is 11.5 Å². The van der Waals surface area contributed by atoms with E-state index in [2.05, 4.69) is 13.8 Å². The molecule has 0 amide bonds. The molecule has 0 aromatic heterocycles. The largest absolute Gasteiger partial charge is 0.455 e. The zero-order chi connectivity index (χ0) is 13.1. The standard InChI is InChI=1S/C15H16FNO/c1-10(2)12-5-3-4-6-14(12)18-15-8-7-11(16)9-13(15)17/h3-10H,17H2,1-2H3. The van der Waals surface area contributed by atoms with Gasteiger partial charge in [0.1, 0.15) is 11.6 Å². The molecule has 18 heavy (non-hydrogen) atoms. The van der Waals surface area contributed by atoms with E-state index in [-0.39, 0.29) is 5.82 Å². The minimum Gasteiger partial charge on any atom is -0.455 e. The van der Waals surface area contributed by atoms with Crippen molar-refractivity contribution >= 4 is 5.69 Å². The Kier molecular flexibility index (Phi) is 3.51. The number of benzene rings is 2. The van der Waals surface area contributed by atoms with Crippen LogP contribution in [0.3, 0.4) is 0 Å². The highest BCUT2D eigenvalue weighted by Crippen LogP contribution is 2.33. The van der Waals surface area contributed by atoms with Gasteiger partial charge in [-0.25, -0.2) is 4.39 Å². The number of nitrogen functional groups attached to an aromatic ring is 1. The van der Waals surface area contributed by atoms with Crippen LogP contribution in [-0.2, 0) is 0 Å². The van der Waals surface area contributed by atoms with Gasteiger partial charge in [0.25, 0.3) is 0 Å². The zero-order valence-electron chi connectivity index (χ0n) is 10.5. The lowest BCUT2D eigenvalue weighted by atomic mass is 10.0. The van der Waals surface area contributed by atoms with Crippen molar-refractivity contribution in [2.24, 2.45) is 0 Å². The summed E-state index contributed by atoms with van der Waals surface area (Å²) in [7, 11) is 0. The highest BCUT2D eigenvalue weighted by molar-refractivity contribution is 5.54. The van der Waals surface area contributed by atoms with Crippen molar-refractivity contribution in [1.29, 1.82) is 0 Å². The second kappa shape index (κ2) is 5.08. The Hall–Kier alpha value is -2.03. The number of para-hydroxylation sites is 1. The van der Waals surface area contributed by atoms with Gasteiger partial charge in [-0.1, -0.05) is 32.0 Å². The van der Waals surface area contributed by atoms with Crippen LogP contribution >= 0.6 is 0 Å². The summed E-state index contributed by atoms with van der Waals surface area (Å²) in [5, 5.41) is 0. The van der Waals surface area contributed by atoms with Gasteiger partial charge in [-0.15, -0.1) is 0 Å². The summed E-state index contributed by atoms with van der Waals surface area (Å²) in [6.45, 7) is 4.19. The van der Waals surface area contributed by atoms with Crippen LogP contribution in [-0.4, -0.2) is 0 Å². The Bertz CT molecular complexity index is 552. The molecule has 0 spiro atoms. The molecule has 94 valence electrons. The molecule has 3 heteroatoms. The van der Waals surface area contributed by atoms with Crippen LogP contribution < -0.4 is 10.5 Å². The predicted molar refractivity (Wildman–Crippen MR) is 71.4 cm³/mol. The molecule has 0 radical (unpaired) electrons. The van der Waals surface area contributed by atoms with E-state index in [9.17, 15) is 4.39 Å². The Balaban J connectivity index is 2.34. The van der Waals surface area contributed by atoms with Gasteiger partial charge >= 0.3 is 0 Å². The van der Waals surface area contributed by atoms with Crippen LogP contribution in [0.4, 0.5) is 10.1 Å². The molecular formula is C15H16FNO. The van der Waals surface area contributed by atoms with Gasteiger partial charge in [0.05, 0.1) is 5.69 Å². The lowest BCUT2D eigenvalue weighted by Crippen LogP contribution is -1.96. The van der Waals surface area contributed by atoms with E-state index < -0.39 is 0 Å². The first-order valence-electron chi connectivity index (χ1n) is 5.89. The minimum atomic E-state index is -0.364. The Morgan fingerprint density at radius 2 is 1.78 bits per heavy atom. The fourth-order valence-corrected chi connectivity index (χ4v) is 1.78. The fraction of sp³-hybridized carbons (Fsp3) is 0.200. The Labute approximate surface area is 106 Å². The molecule has 0 fully saturated rings. The van der Waals surface area contributed by atoms with Crippen molar-refractivity contribution in [3.63, 3.8) is 0 Å². The number of rotatable bonds is 3. The van der Waals surface area contributed by atoms with Crippen molar-refractivity contribution in [1.82, 2.24) is 0 Å². The van der Waals surface area contributed by atoms with Crippen LogP contribution in [0.5, 0.6) is 11.5 Å². The van der Waals surface area contributed by atoms with Gasteiger partial charge in [0, 0.05) is 6.07 Å². The van der Waals surface area contributed by atoms with Crippen LogP contribution in [0.2, 0.25) is 0 Å². The summed E-state index contributed by atoms with van der Waals surface area (Å²) in [4.78, 5) is 0. The number of halogens is 1. The van der Waals surface area contributed by atoms with Crippen LogP contribution in [0.15, 0.2) is 42.5 Å². The number of hydrogen-bond donors (Lipinski definition) is 1. The van der Waals surface area contributed by atoms with Crippen LogP contribution in [0, 0.1) is 5.82 Å². The summed E-state index contributed by atoms with van der Waals surface area (Å²) >= 11 is 0. The van der Waals surface area contributed by atoms with Gasteiger partial charge in [0.15, 0.2) is 5.75 Å². The smallest absolute Gasteiger partial charge is 0.150 e. The lowest BCUT2D eigenvalue weighted by Gasteiger charge is -2.14. The number of nitrogens with two attached hydrogens (primary N) is 1. The molecule has 2 aromatic rings. The topological polar surface area (TPSA) is 35.2 Å². The van der Waals surface area contributed by atoms with Crippen molar-refractivity contribution in [2.45, 2.75) is 19.8 Å². The highest BCUT2D eigenvalue weighted by Gasteiger charge is 2.09. The van der Waals surface area contributed by atoms with Gasteiger partial charge < -0.3 is 10.5 Å². The molecule has 0 atom stereocenters. The molecule has 0 aliphatic heterocycles. The number of ether oxygens (including phenoxy) is 1. The summed E-state index contributed by atoms with van der Waals surface area (Å²) in [6, 6.07) is 11.9. The summed E-state index contributed by atoms with van der Waals surface area (Å²) in [5.74, 6) is 1.22. The molecular weight excluding hydrogens is 229 g/mol. The number of anilines is 1. The molecule has 2 aromatic carbocycles. The lowest BCUT2D eigenvalue weighted by molar-refractivity contribution is 0.473. The highest BCUT2D eigenvalue weighted by atomic mass is 19.1. The zero-order valence-corrected chi connectivity index (χ0v) is 10.5. The molecule has 0 bridgehead atoms. The maximum atomic E-state index is 13.0. The fourth-order valence-electron chi connectivity index (χ4n) is 1.78. The van der Waals surface area contributed by atoms with Crippen LogP contribution in [0.1, 0.15) is 25.3 Å². The Morgan fingerprint density at radius 3 is 2.44 bits per heavy atom. The molecule has 2 N–H and O–H groups in total. The van der Waals surface area contributed by atoms with E-state index in [1.807, 2.05) is 24.3 Å². The molecule has 2 nitrogen and oxygen atoms in total. The molecule has 0 saturated carbocycles. The molecule has 2 rings (SSSR count). The third-order valence-electron chi connectivity index (χ3n) is 2.73. The molecule has 0 heterocycles. The third-order valence-corrected chi connectivity index (χ3v) is 2.73. The molecule has 0 saturated heterocycles. The number of hydrogen-bond acceptors (Lipinski definition) is 2. The summed E-state index contributed by atoms with van der Waals surface area (Å²) in [6.07, 6.45) is 0. The van der Waals surface area contributed by atoms with Gasteiger partial charge in [-0.05, 0) is 29.7 Å². The van der Waals surface area contributed by atoms with Crippen molar-refractivity contribution < 1.29 is 9.13 Å². The normalized spacial score (nSPS) is 10.7. The summed E-state index contributed by atoms with van der Waals surface area (Å²) < 4.78 is 18.7. The average molecular weight is 245 g/mol. The van der Waals surface area contributed by atoms with Gasteiger partial charge in [-0.2, -0.15) is 0 Å². The first kappa shape index (κ1) is 12.4. The maximum Gasteiger partial charge on any atom is 0.150 e. The van der Waals surface area contributed by atoms with Gasteiger partial charge in [-0.3, -0.25) is 0 Å². The summed E-state index contributed by atoms with van der Waals surface area (Å²) in [5.41, 5.74) is 7.13. The van der Waals surface area contributed by atoms with E-state index in [1.165, 1.54) is 12.1 Å². The van der Waals surface area contributed by atoms with E-state index in [4.69, 9.17) is 10.5 Å². The molecule has 0 aliphatic carbocycles. The van der Waals surface area contributed by atoms with Crippen molar-refractivity contribution in [3.05, 3.63) is 53.8 Å². The quantitative estimate of drug-likeness (QED) is 0.817. The van der Waals surface area contributed by atoms with E-state index in [0.29, 0.717) is 17.4 Å². The van der Waals surface area contributed by atoms with E-state index >= 15 is 0 Å². The first-order valence-corrected chi connectivity index (χ1v) is 5.89. The third kappa shape index (κ3) is 2.62. The second-order valence-corrected chi connectivity index (χ2v) is 4.48. The SMILES string of the molecule is CC(C)c1ccccc1Oc1ccc(F)cc1N.